The Hall–Kier alpha value is -2.57. The van der Waals surface area contributed by atoms with Crippen LogP contribution in [0.3, 0.4) is 0 Å². The summed E-state index contributed by atoms with van der Waals surface area (Å²) in [6.45, 7) is 5.66. The first-order valence-electron chi connectivity index (χ1n) is 8.43. The Morgan fingerprint density at radius 1 is 1.29 bits per heavy atom. The van der Waals surface area contributed by atoms with E-state index >= 15 is 0 Å². The number of aromatic nitrogens is 2. The molecule has 7 heteroatoms. The first-order chi connectivity index (χ1) is 11.6. The van der Waals surface area contributed by atoms with E-state index in [0.29, 0.717) is 25.6 Å². The van der Waals surface area contributed by atoms with Gasteiger partial charge >= 0.3 is 6.03 Å². The van der Waals surface area contributed by atoms with Gasteiger partial charge in [-0.1, -0.05) is 25.5 Å². The minimum atomic E-state index is -0.576. The van der Waals surface area contributed by atoms with E-state index in [-0.39, 0.29) is 11.9 Å². The third-order valence-electron chi connectivity index (χ3n) is 4.23. The Kier molecular flexibility index (Phi) is 4.69. The summed E-state index contributed by atoms with van der Waals surface area (Å²) in [7, 11) is 0. The summed E-state index contributed by atoms with van der Waals surface area (Å²) in [6.07, 6.45) is 1.95. The van der Waals surface area contributed by atoms with Crippen LogP contribution in [0.2, 0.25) is 0 Å². The number of amides is 3. The number of urea groups is 1. The lowest BCUT2D eigenvalue weighted by Gasteiger charge is -2.19. The zero-order chi connectivity index (χ0) is 17.1. The molecule has 1 aliphatic heterocycles. The van der Waals surface area contributed by atoms with Gasteiger partial charge in [0.2, 0.25) is 11.9 Å². The largest absolute Gasteiger partial charge is 0.354 e. The van der Waals surface area contributed by atoms with Crippen LogP contribution in [0.5, 0.6) is 0 Å². The molecule has 1 atom stereocenters. The molecule has 2 heterocycles. The molecule has 0 saturated heterocycles. The number of carbonyl (C=O) groups is 2. The third-order valence-corrected chi connectivity index (χ3v) is 4.23. The fraction of sp³-hybridized carbons (Fsp3) is 0.471. The average molecular weight is 329 g/mol. The zero-order valence-electron chi connectivity index (χ0n) is 14.1. The number of nitrogens with zero attached hydrogens (tertiary/aromatic N) is 3. The summed E-state index contributed by atoms with van der Waals surface area (Å²) in [4.78, 5) is 30.6. The van der Waals surface area contributed by atoms with E-state index in [0.717, 1.165) is 23.9 Å². The van der Waals surface area contributed by atoms with E-state index in [9.17, 15) is 9.59 Å². The number of anilines is 1. The third kappa shape index (κ3) is 3.06. The smallest absolute Gasteiger partial charge is 0.324 e. The molecule has 3 amide bonds. The van der Waals surface area contributed by atoms with Crippen LogP contribution in [-0.4, -0.2) is 40.6 Å². The van der Waals surface area contributed by atoms with Crippen LogP contribution < -0.4 is 15.5 Å². The fourth-order valence-electron chi connectivity index (χ4n) is 2.85. The number of hydrogen-bond donors (Lipinski definition) is 2. The van der Waals surface area contributed by atoms with Crippen LogP contribution in [0.4, 0.5) is 10.7 Å². The molecule has 0 aliphatic carbocycles. The number of unbranched alkanes of at least 4 members (excludes halogenated alkanes) is 1. The number of fused-ring (bicyclic) bond motifs is 3. The summed E-state index contributed by atoms with van der Waals surface area (Å²) < 4.78 is 2.03. The van der Waals surface area contributed by atoms with Crippen molar-refractivity contribution < 1.29 is 9.59 Å². The summed E-state index contributed by atoms with van der Waals surface area (Å²) >= 11 is 0. The van der Waals surface area contributed by atoms with Gasteiger partial charge in [0, 0.05) is 19.6 Å². The van der Waals surface area contributed by atoms with Crippen molar-refractivity contribution in [1.29, 1.82) is 0 Å². The number of rotatable bonds is 5. The molecule has 1 aromatic heterocycles. The van der Waals surface area contributed by atoms with Crippen molar-refractivity contribution in [3.8, 4) is 0 Å². The van der Waals surface area contributed by atoms with Crippen molar-refractivity contribution in [1.82, 2.24) is 20.2 Å². The van der Waals surface area contributed by atoms with Crippen molar-refractivity contribution in [2.24, 2.45) is 0 Å². The highest BCUT2D eigenvalue weighted by Gasteiger charge is 2.29. The fourth-order valence-corrected chi connectivity index (χ4v) is 2.85. The van der Waals surface area contributed by atoms with Gasteiger partial charge in [0.25, 0.3) is 0 Å². The lowest BCUT2D eigenvalue weighted by molar-refractivity contribution is -0.122. The molecule has 0 saturated carbocycles. The SMILES string of the molecule is CCCCNC(=O)C(C)NC(=O)N1CCn2c1nc1ccccc12. The number of para-hydroxylation sites is 2. The predicted molar refractivity (Wildman–Crippen MR) is 93.0 cm³/mol. The predicted octanol–water partition coefficient (Wildman–Crippen LogP) is 1.87. The summed E-state index contributed by atoms with van der Waals surface area (Å²) in [6, 6.07) is 6.95. The van der Waals surface area contributed by atoms with Crippen LogP contribution in [0.1, 0.15) is 26.7 Å². The molecule has 24 heavy (non-hydrogen) atoms. The van der Waals surface area contributed by atoms with Gasteiger partial charge in [-0.25, -0.2) is 9.78 Å². The van der Waals surface area contributed by atoms with E-state index in [1.807, 2.05) is 28.8 Å². The molecule has 2 aromatic rings. The van der Waals surface area contributed by atoms with E-state index in [2.05, 4.69) is 22.5 Å². The Balaban J connectivity index is 1.66. The standard InChI is InChI=1S/C17H23N5O2/c1-3-4-9-18-15(23)12(2)19-17(24)22-11-10-21-14-8-6-5-7-13(14)20-16(21)22/h5-8,12H,3-4,9-11H2,1-2H3,(H,18,23)(H,19,24). The van der Waals surface area contributed by atoms with Gasteiger partial charge in [0.15, 0.2) is 0 Å². The lowest BCUT2D eigenvalue weighted by atomic mass is 10.3. The Morgan fingerprint density at radius 2 is 2.08 bits per heavy atom. The highest BCUT2D eigenvalue weighted by atomic mass is 16.2. The molecule has 7 nitrogen and oxygen atoms in total. The van der Waals surface area contributed by atoms with Crippen molar-refractivity contribution in [3.05, 3.63) is 24.3 Å². The van der Waals surface area contributed by atoms with Crippen molar-refractivity contribution in [3.63, 3.8) is 0 Å². The molecule has 0 bridgehead atoms. The van der Waals surface area contributed by atoms with Gasteiger partial charge in [0.1, 0.15) is 6.04 Å². The maximum Gasteiger partial charge on any atom is 0.324 e. The summed E-state index contributed by atoms with van der Waals surface area (Å²) in [5, 5.41) is 5.58. The van der Waals surface area contributed by atoms with Gasteiger partial charge in [-0.2, -0.15) is 0 Å². The quantitative estimate of drug-likeness (QED) is 0.822. The van der Waals surface area contributed by atoms with Crippen LogP contribution in [-0.2, 0) is 11.3 Å². The van der Waals surface area contributed by atoms with Crippen molar-refractivity contribution in [2.75, 3.05) is 18.0 Å². The minimum absolute atomic E-state index is 0.163. The van der Waals surface area contributed by atoms with Gasteiger partial charge < -0.3 is 15.2 Å². The maximum absolute atomic E-state index is 12.5. The minimum Gasteiger partial charge on any atom is -0.354 e. The van der Waals surface area contributed by atoms with Gasteiger partial charge in [0.05, 0.1) is 11.0 Å². The second kappa shape index (κ2) is 6.90. The highest BCUT2D eigenvalue weighted by Crippen LogP contribution is 2.26. The number of carbonyl (C=O) groups excluding carboxylic acids is 2. The number of benzene rings is 1. The Morgan fingerprint density at radius 3 is 2.88 bits per heavy atom. The van der Waals surface area contributed by atoms with Crippen LogP contribution in [0.15, 0.2) is 24.3 Å². The second-order valence-corrected chi connectivity index (χ2v) is 6.02. The molecule has 0 fully saturated rings. The van der Waals surface area contributed by atoms with Crippen molar-refractivity contribution in [2.45, 2.75) is 39.3 Å². The monoisotopic (exact) mass is 329 g/mol. The molecule has 1 aliphatic rings. The molecular weight excluding hydrogens is 306 g/mol. The van der Waals surface area contributed by atoms with E-state index in [1.165, 1.54) is 0 Å². The molecule has 2 N–H and O–H groups in total. The van der Waals surface area contributed by atoms with Crippen LogP contribution in [0.25, 0.3) is 11.0 Å². The average Bonchev–Trinajstić information content (AvgIpc) is 3.13. The first-order valence-corrected chi connectivity index (χ1v) is 8.43. The van der Waals surface area contributed by atoms with Crippen molar-refractivity contribution >= 4 is 28.9 Å². The molecule has 1 aromatic carbocycles. The van der Waals surface area contributed by atoms with Crippen LogP contribution >= 0.6 is 0 Å². The van der Waals surface area contributed by atoms with Crippen LogP contribution in [0, 0.1) is 0 Å². The molecule has 3 rings (SSSR count). The number of nitrogens with one attached hydrogen (secondary N) is 2. The number of imidazole rings is 1. The second-order valence-electron chi connectivity index (χ2n) is 6.02. The molecule has 0 spiro atoms. The summed E-state index contributed by atoms with van der Waals surface area (Å²) in [5.41, 5.74) is 1.89. The Bertz CT molecular complexity index is 755. The summed E-state index contributed by atoms with van der Waals surface area (Å²) in [5.74, 6) is 0.469. The van der Waals surface area contributed by atoms with E-state index in [4.69, 9.17) is 0 Å². The molecular formula is C17H23N5O2. The van der Waals surface area contributed by atoms with Gasteiger partial charge in [-0.3, -0.25) is 9.69 Å². The number of hydrogen-bond acceptors (Lipinski definition) is 3. The Labute approximate surface area is 141 Å². The normalized spacial score (nSPS) is 14.5. The van der Waals surface area contributed by atoms with E-state index in [1.54, 1.807) is 11.8 Å². The molecule has 0 radical (unpaired) electrons. The van der Waals surface area contributed by atoms with E-state index < -0.39 is 6.04 Å². The molecule has 1 unspecified atom stereocenters. The van der Waals surface area contributed by atoms with Gasteiger partial charge in [-0.05, 0) is 25.5 Å². The lowest BCUT2D eigenvalue weighted by Crippen LogP contribution is -2.49. The first kappa shape index (κ1) is 16.3. The highest BCUT2D eigenvalue weighted by molar-refractivity contribution is 5.96. The topological polar surface area (TPSA) is 79.3 Å². The van der Waals surface area contributed by atoms with Gasteiger partial charge in [-0.15, -0.1) is 0 Å². The maximum atomic E-state index is 12.5. The zero-order valence-corrected chi connectivity index (χ0v) is 14.1. The molecule has 128 valence electrons.